The Bertz CT molecular complexity index is 1060. The summed E-state index contributed by atoms with van der Waals surface area (Å²) in [5.41, 5.74) is 1.58. The number of aliphatic hydroxyl groups is 2. The van der Waals surface area contributed by atoms with Gasteiger partial charge in [0.15, 0.2) is 0 Å². The van der Waals surface area contributed by atoms with Crippen LogP contribution in [0.15, 0.2) is 54.6 Å². The molecule has 2 rings (SSSR count). The lowest BCUT2D eigenvalue weighted by molar-refractivity contribution is -0.125. The van der Waals surface area contributed by atoms with E-state index < -0.39 is 30.0 Å². The predicted molar refractivity (Wildman–Crippen MR) is 153 cm³/mol. The Kier molecular flexibility index (Phi) is 13.1. The van der Waals surface area contributed by atoms with Crippen LogP contribution >= 0.6 is 0 Å². The highest BCUT2D eigenvalue weighted by Gasteiger charge is 2.27. The zero-order valence-corrected chi connectivity index (χ0v) is 23.8. The number of nitrogens with one attached hydrogen (secondary N) is 3. The molecule has 5 N–H and O–H groups in total. The summed E-state index contributed by atoms with van der Waals surface area (Å²) in [6.45, 7) is 10.2. The molecule has 0 radical (unpaired) electrons. The van der Waals surface area contributed by atoms with Gasteiger partial charge in [0, 0.05) is 23.6 Å². The molecular weight excluding hydrogens is 494 g/mol. The quantitative estimate of drug-likeness (QED) is 0.237. The predicted octanol–water partition coefficient (Wildman–Crippen LogP) is 3.32. The van der Waals surface area contributed by atoms with E-state index in [1.54, 1.807) is 25.1 Å². The van der Waals surface area contributed by atoms with E-state index in [9.17, 15) is 24.6 Å². The van der Waals surface area contributed by atoms with Crippen LogP contribution in [0.25, 0.3) is 0 Å². The van der Waals surface area contributed by atoms with Gasteiger partial charge in [-0.05, 0) is 54.9 Å². The average molecular weight is 540 g/mol. The molecule has 0 saturated heterocycles. The Balaban J connectivity index is 2.06. The van der Waals surface area contributed by atoms with Gasteiger partial charge in [0.25, 0.3) is 11.8 Å². The van der Waals surface area contributed by atoms with Crippen molar-refractivity contribution in [3.05, 3.63) is 71.3 Å². The van der Waals surface area contributed by atoms with Gasteiger partial charge in [0.2, 0.25) is 5.91 Å². The van der Waals surface area contributed by atoms with Crippen LogP contribution in [0.2, 0.25) is 0 Å². The third-order valence-corrected chi connectivity index (χ3v) is 6.50. The van der Waals surface area contributed by atoms with Gasteiger partial charge in [-0.3, -0.25) is 14.4 Å². The maximum atomic E-state index is 13.2. The summed E-state index contributed by atoms with van der Waals surface area (Å²) in [5, 5.41) is 29.4. The fourth-order valence-electron chi connectivity index (χ4n) is 4.31. The van der Waals surface area contributed by atoms with Crippen LogP contribution in [0.3, 0.4) is 0 Å². The number of benzene rings is 2. The van der Waals surface area contributed by atoms with Crippen molar-refractivity contribution in [3.63, 3.8) is 0 Å². The standard InChI is InChI=1S/C31H45N3O5/c1-20(2)14-27(28(36)15-22(5)29(37)32-18-21(3)4)34-31(39)25-13-9-12-24(17-25)30(38)33-26(19-35)16-23-10-7-6-8-11-23/h6-13,17,20-22,26-28,35-36H,14-16,18-19H2,1-5H3,(H,32,37)(H,33,38)(H,34,39)/t22-,26+,27+,28+/m1/s1. The summed E-state index contributed by atoms with van der Waals surface area (Å²) in [5.74, 6) is -0.798. The first-order valence-electron chi connectivity index (χ1n) is 13.8. The number of hydrogen-bond donors (Lipinski definition) is 5. The van der Waals surface area contributed by atoms with Gasteiger partial charge in [-0.25, -0.2) is 0 Å². The number of hydrogen-bond acceptors (Lipinski definition) is 5. The number of carbonyl (C=O) groups is 3. The molecule has 0 saturated carbocycles. The zero-order valence-electron chi connectivity index (χ0n) is 23.8. The molecule has 0 unspecified atom stereocenters. The first kappa shape index (κ1) is 32.0. The highest BCUT2D eigenvalue weighted by molar-refractivity contribution is 5.99. The van der Waals surface area contributed by atoms with Crippen molar-refractivity contribution in [3.8, 4) is 0 Å². The topological polar surface area (TPSA) is 128 Å². The van der Waals surface area contributed by atoms with Crippen LogP contribution in [0, 0.1) is 17.8 Å². The smallest absolute Gasteiger partial charge is 0.251 e. The monoisotopic (exact) mass is 539 g/mol. The van der Waals surface area contributed by atoms with Crippen molar-refractivity contribution in [2.24, 2.45) is 17.8 Å². The van der Waals surface area contributed by atoms with E-state index >= 15 is 0 Å². The first-order chi connectivity index (χ1) is 18.5. The molecule has 0 aliphatic rings. The fourth-order valence-corrected chi connectivity index (χ4v) is 4.31. The van der Waals surface area contributed by atoms with Gasteiger partial charge in [0.1, 0.15) is 0 Å². The summed E-state index contributed by atoms with van der Waals surface area (Å²) in [6, 6.07) is 14.9. The largest absolute Gasteiger partial charge is 0.394 e. The number of rotatable bonds is 15. The molecule has 0 heterocycles. The van der Waals surface area contributed by atoms with E-state index in [2.05, 4.69) is 16.0 Å². The van der Waals surface area contributed by atoms with E-state index in [1.165, 1.54) is 6.07 Å². The summed E-state index contributed by atoms with van der Waals surface area (Å²) in [6.07, 6.45) is 0.316. The Morgan fingerprint density at radius 1 is 0.795 bits per heavy atom. The van der Waals surface area contributed by atoms with Crippen LogP contribution < -0.4 is 16.0 Å². The van der Waals surface area contributed by atoms with Crippen LogP contribution in [-0.4, -0.2) is 59.3 Å². The summed E-state index contributed by atoms with van der Waals surface area (Å²) >= 11 is 0. The highest BCUT2D eigenvalue weighted by Crippen LogP contribution is 2.17. The van der Waals surface area contributed by atoms with Gasteiger partial charge in [-0.1, -0.05) is 71.0 Å². The van der Waals surface area contributed by atoms with Gasteiger partial charge >= 0.3 is 0 Å². The molecule has 0 aliphatic heterocycles. The SMILES string of the molecule is CC(C)CNC(=O)[C@H](C)C[C@H](O)[C@H](CC(C)C)NC(=O)c1cccc(C(=O)N[C@H](CO)Cc2ccccc2)c1. The van der Waals surface area contributed by atoms with Crippen LogP contribution in [0.5, 0.6) is 0 Å². The van der Waals surface area contributed by atoms with Gasteiger partial charge < -0.3 is 26.2 Å². The molecule has 3 amide bonds. The van der Waals surface area contributed by atoms with E-state index in [-0.39, 0.29) is 36.3 Å². The molecule has 2 aromatic rings. The lowest BCUT2D eigenvalue weighted by atomic mass is 9.92. The molecular formula is C31H45N3O5. The van der Waals surface area contributed by atoms with Crippen LogP contribution in [-0.2, 0) is 11.2 Å². The average Bonchev–Trinajstić information content (AvgIpc) is 2.91. The molecule has 0 fully saturated rings. The van der Waals surface area contributed by atoms with E-state index in [4.69, 9.17) is 0 Å². The molecule has 2 aromatic carbocycles. The molecule has 214 valence electrons. The van der Waals surface area contributed by atoms with E-state index in [0.717, 1.165) is 5.56 Å². The van der Waals surface area contributed by atoms with Gasteiger partial charge in [-0.15, -0.1) is 0 Å². The third kappa shape index (κ3) is 11.2. The second kappa shape index (κ2) is 16.0. The van der Waals surface area contributed by atoms with E-state index in [0.29, 0.717) is 30.9 Å². The van der Waals surface area contributed by atoms with Gasteiger partial charge in [-0.2, -0.15) is 0 Å². The summed E-state index contributed by atoms with van der Waals surface area (Å²) < 4.78 is 0. The van der Waals surface area contributed by atoms with E-state index in [1.807, 2.05) is 58.0 Å². The molecule has 0 bridgehead atoms. The fraction of sp³-hybridized carbons (Fsp3) is 0.516. The van der Waals surface area contributed by atoms with Crippen LogP contribution in [0.4, 0.5) is 0 Å². The second-order valence-electron chi connectivity index (χ2n) is 11.2. The Hall–Kier alpha value is -3.23. The molecule has 0 aliphatic carbocycles. The second-order valence-corrected chi connectivity index (χ2v) is 11.2. The Morgan fingerprint density at radius 3 is 1.97 bits per heavy atom. The minimum atomic E-state index is -0.911. The molecule has 8 heteroatoms. The Morgan fingerprint density at radius 2 is 1.41 bits per heavy atom. The lowest BCUT2D eigenvalue weighted by Crippen LogP contribution is -2.46. The van der Waals surface area contributed by atoms with Crippen molar-refractivity contribution in [2.75, 3.05) is 13.2 Å². The number of aliphatic hydroxyl groups excluding tert-OH is 2. The molecule has 8 nitrogen and oxygen atoms in total. The Labute approximate surface area is 232 Å². The first-order valence-corrected chi connectivity index (χ1v) is 13.8. The zero-order chi connectivity index (χ0) is 28.9. The minimum absolute atomic E-state index is 0.121. The molecule has 4 atom stereocenters. The maximum Gasteiger partial charge on any atom is 0.251 e. The van der Waals surface area contributed by atoms with Gasteiger partial charge in [0.05, 0.1) is 24.8 Å². The summed E-state index contributed by atoms with van der Waals surface area (Å²) in [4.78, 5) is 38.5. The third-order valence-electron chi connectivity index (χ3n) is 6.50. The van der Waals surface area contributed by atoms with Crippen molar-refractivity contribution in [2.45, 2.75) is 72.1 Å². The highest BCUT2D eigenvalue weighted by atomic mass is 16.3. The molecule has 0 aromatic heterocycles. The number of carbonyl (C=O) groups excluding carboxylic acids is 3. The number of amides is 3. The lowest BCUT2D eigenvalue weighted by Gasteiger charge is -2.27. The van der Waals surface area contributed by atoms with Crippen LogP contribution in [0.1, 0.15) is 73.7 Å². The van der Waals surface area contributed by atoms with Crippen molar-refractivity contribution < 1.29 is 24.6 Å². The van der Waals surface area contributed by atoms with Crippen molar-refractivity contribution in [1.29, 1.82) is 0 Å². The maximum absolute atomic E-state index is 13.2. The molecule has 39 heavy (non-hydrogen) atoms. The summed E-state index contributed by atoms with van der Waals surface area (Å²) in [7, 11) is 0. The normalized spacial score (nSPS) is 14.4. The van der Waals surface area contributed by atoms with Crippen molar-refractivity contribution >= 4 is 17.7 Å². The minimum Gasteiger partial charge on any atom is -0.394 e. The van der Waals surface area contributed by atoms with Crippen molar-refractivity contribution in [1.82, 2.24) is 16.0 Å². The molecule has 0 spiro atoms.